The number of aromatic amines is 1. The summed E-state index contributed by atoms with van der Waals surface area (Å²) >= 11 is 1.84. The van der Waals surface area contributed by atoms with Gasteiger partial charge in [0.15, 0.2) is 5.69 Å². The molecular weight excluding hydrogens is 379 g/mol. The molecule has 1 N–H and O–H groups in total. The zero-order valence-electron chi connectivity index (χ0n) is 10.3. The first-order chi connectivity index (χ1) is 9.56. The molecule has 1 aromatic heterocycles. The molecule has 1 aromatic carbocycles. The van der Waals surface area contributed by atoms with E-state index in [0.717, 1.165) is 0 Å². The van der Waals surface area contributed by atoms with Crippen LogP contribution in [0.15, 0.2) is 18.2 Å². The molecule has 0 aliphatic heterocycles. The maximum Gasteiger partial charge on any atom is 0.361 e. The van der Waals surface area contributed by atoms with Crippen LogP contribution >= 0.6 is 22.6 Å². The number of nitro groups is 1. The zero-order chi connectivity index (χ0) is 14.7. The van der Waals surface area contributed by atoms with Gasteiger partial charge in [-0.3, -0.25) is 10.1 Å². The second kappa shape index (κ2) is 5.94. The van der Waals surface area contributed by atoms with Crippen molar-refractivity contribution in [3.63, 3.8) is 0 Å². The van der Waals surface area contributed by atoms with Crippen LogP contribution in [0.4, 0.5) is 5.69 Å². The normalized spacial score (nSPS) is 10.3. The minimum absolute atomic E-state index is 0.00487. The number of hydrogen-bond donors (Lipinski definition) is 1. The lowest BCUT2D eigenvalue weighted by atomic mass is 10.1. The molecule has 20 heavy (non-hydrogen) atoms. The molecule has 9 heteroatoms. The number of nitro benzene ring substituents is 1. The van der Waals surface area contributed by atoms with Gasteiger partial charge in [-0.2, -0.15) is 10.3 Å². The number of carbonyl (C=O) groups is 1. The number of ether oxygens (including phenoxy) is 1. The Morgan fingerprint density at radius 2 is 2.25 bits per heavy atom. The largest absolute Gasteiger partial charge is 0.461 e. The van der Waals surface area contributed by atoms with E-state index in [4.69, 9.17) is 4.74 Å². The molecule has 0 amide bonds. The fraction of sp³-hybridized carbons (Fsp3) is 0.182. The van der Waals surface area contributed by atoms with Crippen molar-refractivity contribution in [2.24, 2.45) is 0 Å². The predicted octanol–water partition coefficient (Wildman–Crippen LogP) is 2.16. The molecule has 8 nitrogen and oxygen atoms in total. The van der Waals surface area contributed by atoms with Gasteiger partial charge in [0, 0.05) is 11.6 Å². The van der Waals surface area contributed by atoms with Gasteiger partial charge >= 0.3 is 5.97 Å². The monoisotopic (exact) mass is 388 g/mol. The highest BCUT2D eigenvalue weighted by Crippen LogP contribution is 2.31. The van der Waals surface area contributed by atoms with Crippen LogP contribution in [0.1, 0.15) is 17.4 Å². The number of carbonyl (C=O) groups excluding carboxylic acids is 1. The highest BCUT2D eigenvalue weighted by molar-refractivity contribution is 14.1. The summed E-state index contributed by atoms with van der Waals surface area (Å²) in [5.41, 5.74) is 0.638. The van der Waals surface area contributed by atoms with Crippen LogP contribution < -0.4 is 0 Å². The molecular formula is C11H9IN4O4. The highest BCUT2D eigenvalue weighted by atomic mass is 127. The van der Waals surface area contributed by atoms with E-state index < -0.39 is 10.9 Å². The molecule has 2 aromatic rings. The molecule has 1 heterocycles. The summed E-state index contributed by atoms with van der Waals surface area (Å²) in [6.45, 7) is 1.88. The number of nitrogens with zero attached hydrogens (tertiary/aromatic N) is 3. The quantitative estimate of drug-likeness (QED) is 0.372. The molecule has 104 valence electrons. The van der Waals surface area contributed by atoms with Gasteiger partial charge in [0.2, 0.25) is 0 Å². The van der Waals surface area contributed by atoms with Crippen molar-refractivity contribution in [2.75, 3.05) is 6.61 Å². The number of halogens is 1. The van der Waals surface area contributed by atoms with Crippen molar-refractivity contribution in [2.45, 2.75) is 6.92 Å². The van der Waals surface area contributed by atoms with E-state index >= 15 is 0 Å². The molecule has 0 fully saturated rings. The second-order valence-corrected chi connectivity index (χ2v) is 4.72. The van der Waals surface area contributed by atoms with E-state index in [1.165, 1.54) is 12.1 Å². The van der Waals surface area contributed by atoms with Crippen molar-refractivity contribution in [3.05, 3.63) is 37.6 Å². The minimum atomic E-state index is -0.626. The molecule has 2 rings (SSSR count). The number of rotatable bonds is 4. The lowest BCUT2D eigenvalue weighted by molar-refractivity contribution is -0.385. The number of hydrogen-bond acceptors (Lipinski definition) is 6. The summed E-state index contributed by atoms with van der Waals surface area (Å²) in [5, 5.41) is 20.9. The molecule has 0 aliphatic rings. The molecule has 0 saturated heterocycles. The third-order valence-corrected chi connectivity index (χ3v) is 3.58. The Hall–Kier alpha value is -2.04. The lowest BCUT2D eigenvalue weighted by Crippen LogP contribution is -2.07. The molecule has 0 aliphatic carbocycles. The van der Waals surface area contributed by atoms with Crippen LogP contribution in [0.5, 0.6) is 0 Å². The first kappa shape index (κ1) is 14.4. The summed E-state index contributed by atoms with van der Waals surface area (Å²) in [5.74, 6) is -0.626. The maximum absolute atomic E-state index is 11.7. The van der Waals surface area contributed by atoms with Gasteiger partial charge in [0.25, 0.3) is 5.69 Å². The first-order valence-corrected chi connectivity index (χ1v) is 6.65. The summed E-state index contributed by atoms with van der Waals surface area (Å²) in [6, 6.07) is 4.55. The van der Waals surface area contributed by atoms with Gasteiger partial charge in [-0.1, -0.05) is 12.1 Å². The second-order valence-electron chi connectivity index (χ2n) is 3.64. The fourth-order valence-electron chi connectivity index (χ4n) is 1.60. The molecule has 0 unspecified atom stereocenters. The number of H-pyrrole nitrogens is 1. The number of nitrogens with one attached hydrogen (secondary N) is 1. The Kier molecular flexibility index (Phi) is 4.27. The third-order valence-electron chi connectivity index (χ3n) is 2.45. The Morgan fingerprint density at radius 1 is 1.50 bits per heavy atom. The summed E-state index contributed by atoms with van der Waals surface area (Å²) in [4.78, 5) is 22.2. The van der Waals surface area contributed by atoms with E-state index in [2.05, 4.69) is 15.4 Å². The zero-order valence-corrected chi connectivity index (χ0v) is 12.4. The van der Waals surface area contributed by atoms with Crippen LogP contribution in [0, 0.1) is 13.7 Å². The van der Waals surface area contributed by atoms with Gasteiger partial charge in [-0.05, 0) is 29.5 Å². The predicted molar refractivity (Wildman–Crippen MR) is 77.1 cm³/mol. The van der Waals surface area contributed by atoms with Crippen LogP contribution in [-0.2, 0) is 4.74 Å². The molecule has 0 radical (unpaired) electrons. The van der Waals surface area contributed by atoms with Gasteiger partial charge in [-0.15, -0.1) is 5.10 Å². The van der Waals surface area contributed by atoms with Crippen molar-refractivity contribution < 1.29 is 14.5 Å². The van der Waals surface area contributed by atoms with Gasteiger partial charge in [0.1, 0.15) is 9.26 Å². The molecule has 0 spiro atoms. The van der Waals surface area contributed by atoms with Crippen molar-refractivity contribution in [3.8, 4) is 11.3 Å². The Labute approximate surface area is 126 Å². The minimum Gasteiger partial charge on any atom is -0.461 e. The Morgan fingerprint density at radius 3 is 2.90 bits per heavy atom. The maximum atomic E-state index is 11.7. The van der Waals surface area contributed by atoms with Crippen molar-refractivity contribution in [1.29, 1.82) is 0 Å². The average Bonchev–Trinajstić information content (AvgIpc) is 2.88. The number of benzene rings is 1. The Bertz CT molecular complexity index is 670. The van der Waals surface area contributed by atoms with Crippen LogP contribution in [-0.4, -0.2) is 32.9 Å². The van der Waals surface area contributed by atoms with Crippen LogP contribution in [0.3, 0.4) is 0 Å². The van der Waals surface area contributed by atoms with E-state index in [0.29, 0.717) is 9.13 Å². The number of esters is 1. The van der Waals surface area contributed by atoms with E-state index in [1.807, 2.05) is 22.6 Å². The number of aromatic nitrogens is 3. The molecule has 0 saturated carbocycles. The summed E-state index contributed by atoms with van der Waals surface area (Å²) in [7, 11) is 0. The smallest absolute Gasteiger partial charge is 0.361 e. The van der Waals surface area contributed by atoms with Gasteiger partial charge in [-0.25, -0.2) is 4.79 Å². The highest BCUT2D eigenvalue weighted by Gasteiger charge is 2.24. The molecule has 0 atom stereocenters. The topological polar surface area (TPSA) is 111 Å². The Balaban J connectivity index is 2.53. The summed E-state index contributed by atoms with van der Waals surface area (Å²) in [6.07, 6.45) is 0. The van der Waals surface area contributed by atoms with Gasteiger partial charge < -0.3 is 4.74 Å². The van der Waals surface area contributed by atoms with E-state index in [9.17, 15) is 14.9 Å². The molecule has 0 bridgehead atoms. The van der Waals surface area contributed by atoms with Crippen LogP contribution in [0.25, 0.3) is 11.3 Å². The van der Waals surface area contributed by atoms with Crippen molar-refractivity contribution >= 4 is 34.2 Å². The average molecular weight is 388 g/mol. The first-order valence-electron chi connectivity index (χ1n) is 5.57. The summed E-state index contributed by atoms with van der Waals surface area (Å²) < 4.78 is 5.25. The van der Waals surface area contributed by atoms with Gasteiger partial charge in [0.05, 0.1) is 11.5 Å². The standard InChI is InChI=1S/C11H9IN4O4/c1-2-20-11(17)10-9(13-15-14-10)6-4-3-5-7(8(6)12)16(18)19/h3-5H,2H2,1H3,(H,13,14,15). The SMILES string of the molecule is CCOC(=O)c1n[nH]nc1-c1cccc([N+](=O)[O-])c1I. The van der Waals surface area contributed by atoms with Crippen LogP contribution in [0.2, 0.25) is 0 Å². The lowest BCUT2D eigenvalue weighted by Gasteiger charge is -2.04. The van der Waals surface area contributed by atoms with E-state index in [1.54, 1.807) is 13.0 Å². The fourth-order valence-corrected chi connectivity index (χ4v) is 2.42. The third kappa shape index (κ3) is 2.61. The van der Waals surface area contributed by atoms with E-state index in [-0.39, 0.29) is 23.7 Å². The van der Waals surface area contributed by atoms with Crippen molar-refractivity contribution in [1.82, 2.24) is 15.4 Å².